The zero-order valence-electron chi connectivity index (χ0n) is 15.2. The lowest BCUT2D eigenvalue weighted by Crippen LogP contribution is -2.56. The van der Waals surface area contributed by atoms with Gasteiger partial charge in [-0.3, -0.25) is 14.5 Å². The molecule has 3 rings (SSSR count). The summed E-state index contributed by atoms with van der Waals surface area (Å²) in [5, 5.41) is 2.77. The standard InChI is InChI=1S/C16H21Br2N5O4/c1-20-7-21(2)16(26)22(8-20)6-9(24)4-12-15(27-3)19-14(25)11-5-10(17)13(18)23(11)12/h5,12,15H,4,6-8H2,1-3H3,(H,19,25)/t12-,15-/m1/s1. The highest BCUT2D eigenvalue weighted by molar-refractivity contribution is 9.13. The molecule has 0 aromatic carbocycles. The van der Waals surface area contributed by atoms with Gasteiger partial charge in [0.15, 0.2) is 12.0 Å². The van der Waals surface area contributed by atoms with Crippen LogP contribution in [0.2, 0.25) is 0 Å². The third-order valence-corrected chi connectivity index (χ3v) is 6.59. The predicted octanol–water partition coefficient (Wildman–Crippen LogP) is 1.44. The summed E-state index contributed by atoms with van der Waals surface area (Å²) in [6, 6.07) is 1.10. The fraction of sp³-hybridized carbons (Fsp3) is 0.562. The van der Waals surface area contributed by atoms with Gasteiger partial charge < -0.3 is 24.4 Å². The van der Waals surface area contributed by atoms with Crippen molar-refractivity contribution in [1.29, 1.82) is 0 Å². The van der Waals surface area contributed by atoms with Crippen molar-refractivity contribution in [3.63, 3.8) is 0 Å². The number of hydrogen-bond donors (Lipinski definition) is 1. The Morgan fingerprint density at radius 3 is 2.67 bits per heavy atom. The average molecular weight is 507 g/mol. The van der Waals surface area contributed by atoms with Crippen molar-refractivity contribution in [3.8, 4) is 0 Å². The molecule has 0 aliphatic carbocycles. The number of methoxy groups -OCH3 is 1. The molecule has 0 bridgehead atoms. The van der Waals surface area contributed by atoms with Crippen LogP contribution in [0.4, 0.5) is 4.79 Å². The Balaban J connectivity index is 1.79. The van der Waals surface area contributed by atoms with Crippen LogP contribution in [0.15, 0.2) is 15.1 Å². The van der Waals surface area contributed by atoms with E-state index >= 15 is 0 Å². The minimum absolute atomic E-state index is 0.00375. The van der Waals surface area contributed by atoms with Gasteiger partial charge in [-0.15, -0.1) is 0 Å². The van der Waals surface area contributed by atoms with Crippen molar-refractivity contribution >= 4 is 49.6 Å². The van der Waals surface area contributed by atoms with Gasteiger partial charge in [-0.2, -0.15) is 0 Å². The second kappa shape index (κ2) is 7.90. The van der Waals surface area contributed by atoms with Crippen molar-refractivity contribution in [2.75, 3.05) is 41.1 Å². The average Bonchev–Trinajstić information content (AvgIpc) is 2.90. The van der Waals surface area contributed by atoms with Crippen molar-refractivity contribution in [2.24, 2.45) is 0 Å². The minimum atomic E-state index is -0.646. The fourth-order valence-corrected chi connectivity index (χ4v) is 4.48. The minimum Gasteiger partial charge on any atom is -0.359 e. The molecule has 1 N–H and O–H groups in total. The van der Waals surface area contributed by atoms with E-state index < -0.39 is 12.3 Å². The van der Waals surface area contributed by atoms with Gasteiger partial charge in [0.25, 0.3) is 5.91 Å². The van der Waals surface area contributed by atoms with Crippen LogP contribution in [0.3, 0.4) is 0 Å². The second-order valence-electron chi connectivity index (χ2n) is 6.80. The van der Waals surface area contributed by atoms with E-state index in [4.69, 9.17) is 4.74 Å². The first kappa shape index (κ1) is 20.3. The summed E-state index contributed by atoms with van der Waals surface area (Å²) < 4.78 is 8.54. The molecule has 0 unspecified atom stereocenters. The Morgan fingerprint density at radius 1 is 1.30 bits per heavy atom. The van der Waals surface area contributed by atoms with Crippen LogP contribution in [0.25, 0.3) is 0 Å². The van der Waals surface area contributed by atoms with Gasteiger partial charge >= 0.3 is 6.03 Å². The van der Waals surface area contributed by atoms with Gasteiger partial charge in [-0.05, 0) is 45.0 Å². The molecule has 2 aliphatic heterocycles. The largest absolute Gasteiger partial charge is 0.359 e. The first-order valence-corrected chi connectivity index (χ1v) is 9.91. The lowest BCUT2D eigenvalue weighted by atomic mass is 10.1. The topological polar surface area (TPSA) is 87.1 Å². The van der Waals surface area contributed by atoms with E-state index in [1.807, 2.05) is 11.9 Å². The maximum Gasteiger partial charge on any atom is 0.322 e. The quantitative estimate of drug-likeness (QED) is 0.653. The van der Waals surface area contributed by atoms with Crippen LogP contribution in [-0.4, -0.2) is 84.3 Å². The van der Waals surface area contributed by atoms with E-state index in [0.717, 1.165) is 4.47 Å². The number of carbonyl (C=O) groups excluding carboxylic acids is 3. The molecule has 27 heavy (non-hydrogen) atoms. The fourth-order valence-electron chi connectivity index (χ4n) is 3.51. The van der Waals surface area contributed by atoms with Crippen LogP contribution in [0.1, 0.15) is 23.0 Å². The number of Topliss-reactive ketones (excluding diaryl/α,β-unsaturated/α-hetero) is 1. The molecule has 148 valence electrons. The Hall–Kier alpha value is -1.43. The first-order valence-electron chi connectivity index (χ1n) is 8.33. The van der Waals surface area contributed by atoms with Crippen LogP contribution >= 0.6 is 31.9 Å². The molecule has 3 amide bonds. The first-order chi connectivity index (χ1) is 12.7. The van der Waals surface area contributed by atoms with Crippen LogP contribution in [0.5, 0.6) is 0 Å². The molecular formula is C16H21Br2N5O4. The zero-order valence-corrected chi connectivity index (χ0v) is 18.4. The number of ketones is 1. The number of amides is 3. The van der Waals surface area contributed by atoms with Gasteiger partial charge in [0.05, 0.1) is 30.4 Å². The van der Waals surface area contributed by atoms with Crippen LogP contribution in [0, 0.1) is 0 Å². The van der Waals surface area contributed by atoms with Gasteiger partial charge in [-0.25, -0.2) is 4.79 Å². The maximum absolute atomic E-state index is 12.8. The van der Waals surface area contributed by atoms with E-state index in [-0.39, 0.29) is 30.7 Å². The smallest absolute Gasteiger partial charge is 0.322 e. The van der Waals surface area contributed by atoms with E-state index in [1.165, 1.54) is 12.0 Å². The molecule has 0 spiro atoms. The third-order valence-electron chi connectivity index (χ3n) is 4.64. The summed E-state index contributed by atoms with van der Waals surface area (Å²) in [5.74, 6) is -0.385. The number of carbonyl (C=O) groups is 3. The van der Waals surface area contributed by atoms with E-state index in [0.29, 0.717) is 23.6 Å². The van der Waals surface area contributed by atoms with Gasteiger partial charge in [0.2, 0.25) is 0 Å². The molecule has 1 saturated heterocycles. The summed E-state index contributed by atoms with van der Waals surface area (Å²) in [6.07, 6.45) is -0.533. The maximum atomic E-state index is 12.8. The summed E-state index contributed by atoms with van der Waals surface area (Å²) >= 11 is 6.87. The summed E-state index contributed by atoms with van der Waals surface area (Å²) in [5.41, 5.74) is 0.438. The number of nitrogens with zero attached hydrogens (tertiary/aromatic N) is 4. The van der Waals surface area contributed by atoms with Crippen molar-refractivity contribution in [3.05, 3.63) is 20.8 Å². The summed E-state index contributed by atoms with van der Waals surface area (Å²) in [6.45, 7) is 0.926. The Labute approximate surface area is 173 Å². The molecule has 0 radical (unpaired) electrons. The van der Waals surface area contributed by atoms with Gasteiger partial charge in [-0.1, -0.05) is 0 Å². The van der Waals surface area contributed by atoms with Crippen molar-refractivity contribution in [2.45, 2.75) is 18.7 Å². The molecule has 11 heteroatoms. The highest BCUT2D eigenvalue weighted by Gasteiger charge is 2.38. The summed E-state index contributed by atoms with van der Waals surface area (Å²) in [7, 11) is 5.07. The Kier molecular flexibility index (Phi) is 5.94. The normalized spacial score (nSPS) is 23.4. The Bertz CT molecular complexity index is 783. The second-order valence-corrected chi connectivity index (χ2v) is 8.40. The highest BCUT2D eigenvalue weighted by Crippen LogP contribution is 2.35. The van der Waals surface area contributed by atoms with E-state index in [2.05, 4.69) is 37.2 Å². The number of fused-ring (bicyclic) bond motifs is 1. The number of aromatic nitrogens is 1. The lowest BCUT2D eigenvalue weighted by molar-refractivity contribution is -0.122. The molecule has 9 nitrogen and oxygen atoms in total. The molecule has 1 aromatic heterocycles. The molecule has 3 heterocycles. The predicted molar refractivity (Wildman–Crippen MR) is 104 cm³/mol. The lowest BCUT2D eigenvalue weighted by Gasteiger charge is -2.39. The number of ether oxygens (including phenoxy) is 1. The third kappa shape index (κ3) is 3.91. The number of rotatable bonds is 5. The van der Waals surface area contributed by atoms with Crippen molar-refractivity contribution in [1.82, 2.24) is 24.6 Å². The van der Waals surface area contributed by atoms with E-state index in [1.54, 1.807) is 22.6 Å². The molecule has 1 fully saturated rings. The number of urea groups is 1. The molecule has 2 atom stereocenters. The number of nitrogens with one attached hydrogen (secondary N) is 1. The highest BCUT2D eigenvalue weighted by atomic mass is 79.9. The van der Waals surface area contributed by atoms with Gasteiger partial charge in [0.1, 0.15) is 10.3 Å². The summed E-state index contributed by atoms with van der Waals surface area (Å²) in [4.78, 5) is 42.4. The SMILES string of the molecule is CO[C@H]1NC(=O)c2cc(Br)c(Br)n2[C@@H]1CC(=O)CN1CN(C)CN(C)C1=O. The molecular weight excluding hydrogens is 486 g/mol. The number of halogens is 2. The molecule has 2 aliphatic rings. The van der Waals surface area contributed by atoms with Crippen LogP contribution in [-0.2, 0) is 9.53 Å². The van der Waals surface area contributed by atoms with Crippen LogP contribution < -0.4 is 5.32 Å². The van der Waals surface area contributed by atoms with Crippen molar-refractivity contribution < 1.29 is 19.1 Å². The van der Waals surface area contributed by atoms with Gasteiger partial charge in [0, 0.05) is 20.6 Å². The molecule has 0 saturated carbocycles. The monoisotopic (exact) mass is 505 g/mol. The molecule has 1 aromatic rings. The Morgan fingerprint density at radius 2 is 2.00 bits per heavy atom. The van der Waals surface area contributed by atoms with E-state index in [9.17, 15) is 14.4 Å². The zero-order chi connectivity index (χ0) is 19.9. The number of hydrogen-bond acceptors (Lipinski definition) is 5.